The Morgan fingerprint density at radius 3 is 2.24 bits per heavy atom. The van der Waals surface area contributed by atoms with Crippen LogP contribution in [0.25, 0.3) is 0 Å². The zero-order valence-corrected chi connectivity index (χ0v) is 15.1. The molecule has 0 amide bonds. The molecule has 0 radical (unpaired) electrons. The van der Waals surface area contributed by atoms with Crippen molar-refractivity contribution in [1.29, 1.82) is 0 Å². The first-order valence-electron chi connectivity index (χ1n) is 9.55. The fourth-order valence-corrected chi connectivity index (χ4v) is 4.00. The molecule has 1 saturated heterocycles. The van der Waals surface area contributed by atoms with Gasteiger partial charge in [-0.2, -0.15) is 0 Å². The molecule has 4 unspecified atom stereocenters. The molecule has 0 aromatic carbocycles. The van der Waals surface area contributed by atoms with Crippen LogP contribution in [0.1, 0.15) is 85.5 Å². The predicted molar refractivity (Wildman–Crippen MR) is 94.6 cm³/mol. The van der Waals surface area contributed by atoms with Gasteiger partial charge >= 0.3 is 0 Å². The van der Waals surface area contributed by atoms with Crippen LogP contribution in [-0.4, -0.2) is 30.1 Å². The van der Waals surface area contributed by atoms with E-state index in [1.807, 2.05) is 0 Å². The Balaban J connectivity index is 2.26. The summed E-state index contributed by atoms with van der Waals surface area (Å²) in [5, 5.41) is 0. The second kappa shape index (κ2) is 10.6. The molecule has 4 atom stereocenters. The molecule has 1 fully saturated rings. The van der Waals surface area contributed by atoms with E-state index in [1.54, 1.807) is 0 Å². The summed E-state index contributed by atoms with van der Waals surface area (Å²) >= 11 is 0. The van der Waals surface area contributed by atoms with Gasteiger partial charge in [-0.1, -0.05) is 65.7 Å². The topological polar surface area (TPSA) is 29.3 Å². The van der Waals surface area contributed by atoms with Crippen molar-refractivity contribution in [2.24, 2.45) is 17.6 Å². The number of nitrogens with zero attached hydrogens (tertiary/aromatic N) is 1. The van der Waals surface area contributed by atoms with Crippen molar-refractivity contribution in [3.8, 4) is 0 Å². The molecule has 1 aliphatic rings. The van der Waals surface area contributed by atoms with Crippen molar-refractivity contribution in [2.45, 2.75) is 97.6 Å². The number of likely N-dealkylation sites (tertiary alicyclic amines) is 1. The van der Waals surface area contributed by atoms with Crippen LogP contribution in [0, 0.1) is 11.8 Å². The van der Waals surface area contributed by atoms with Gasteiger partial charge in [-0.3, -0.25) is 4.90 Å². The Labute approximate surface area is 133 Å². The maximum absolute atomic E-state index is 6.10. The van der Waals surface area contributed by atoms with Crippen molar-refractivity contribution < 1.29 is 0 Å². The van der Waals surface area contributed by atoms with Gasteiger partial charge in [0, 0.05) is 25.2 Å². The Morgan fingerprint density at radius 1 is 1.00 bits per heavy atom. The fraction of sp³-hybridized carbons (Fsp3) is 1.00. The molecule has 1 heterocycles. The van der Waals surface area contributed by atoms with Crippen LogP contribution in [-0.2, 0) is 0 Å². The number of rotatable bonds is 10. The molecule has 2 heteroatoms. The summed E-state index contributed by atoms with van der Waals surface area (Å²) in [6.07, 6.45) is 12.5. The molecular weight excluding hydrogens is 256 g/mol. The van der Waals surface area contributed by atoms with Gasteiger partial charge in [-0.05, 0) is 31.6 Å². The monoisotopic (exact) mass is 296 g/mol. The minimum absolute atomic E-state index is 0.612. The van der Waals surface area contributed by atoms with Gasteiger partial charge in [0.05, 0.1) is 0 Å². The largest absolute Gasteiger partial charge is 0.329 e. The molecule has 0 saturated carbocycles. The van der Waals surface area contributed by atoms with Crippen LogP contribution in [0.2, 0.25) is 0 Å². The van der Waals surface area contributed by atoms with E-state index in [-0.39, 0.29) is 0 Å². The van der Waals surface area contributed by atoms with Crippen molar-refractivity contribution in [1.82, 2.24) is 4.90 Å². The van der Waals surface area contributed by atoms with Gasteiger partial charge in [0.1, 0.15) is 0 Å². The maximum atomic E-state index is 6.10. The quantitative estimate of drug-likeness (QED) is 0.586. The van der Waals surface area contributed by atoms with E-state index in [0.717, 1.165) is 18.4 Å². The first kappa shape index (κ1) is 19.0. The highest BCUT2D eigenvalue weighted by Gasteiger charge is 2.32. The molecule has 126 valence electrons. The Morgan fingerprint density at radius 2 is 1.62 bits per heavy atom. The van der Waals surface area contributed by atoms with E-state index in [2.05, 4.69) is 32.6 Å². The maximum Gasteiger partial charge on any atom is 0.0221 e. The van der Waals surface area contributed by atoms with Crippen LogP contribution in [0.4, 0.5) is 0 Å². The third kappa shape index (κ3) is 6.69. The number of hydrogen-bond donors (Lipinski definition) is 1. The molecule has 0 aromatic rings. The lowest BCUT2D eigenvalue weighted by atomic mass is 9.84. The fourth-order valence-electron chi connectivity index (χ4n) is 4.00. The highest BCUT2D eigenvalue weighted by Crippen LogP contribution is 2.29. The minimum Gasteiger partial charge on any atom is -0.329 e. The number of nitrogens with two attached hydrogens (primary N) is 1. The summed E-state index contributed by atoms with van der Waals surface area (Å²) in [5.41, 5.74) is 6.10. The number of piperidine rings is 1. The molecular formula is C19H40N2. The minimum atomic E-state index is 0.612. The Bertz CT molecular complexity index is 254. The zero-order valence-electron chi connectivity index (χ0n) is 15.1. The third-order valence-corrected chi connectivity index (χ3v) is 5.53. The second-order valence-corrected chi connectivity index (χ2v) is 7.56. The van der Waals surface area contributed by atoms with Crippen LogP contribution < -0.4 is 5.73 Å². The zero-order chi connectivity index (χ0) is 15.7. The highest BCUT2D eigenvalue weighted by molar-refractivity contribution is 4.86. The smallest absolute Gasteiger partial charge is 0.0221 e. The molecule has 21 heavy (non-hydrogen) atoms. The lowest BCUT2D eigenvalue weighted by Gasteiger charge is -2.45. The van der Waals surface area contributed by atoms with E-state index in [0.29, 0.717) is 12.1 Å². The van der Waals surface area contributed by atoms with Gasteiger partial charge in [0.2, 0.25) is 0 Å². The number of hydrogen-bond acceptors (Lipinski definition) is 2. The van der Waals surface area contributed by atoms with Gasteiger partial charge in [0.15, 0.2) is 0 Å². The summed E-state index contributed by atoms with van der Waals surface area (Å²) in [6.45, 7) is 11.6. The summed E-state index contributed by atoms with van der Waals surface area (Å²) in [7, 11) is 0. The van der Waals surface area contributed by atoms with Gasteiger partial charge in [0.25, 0.3) is 0 Å². The van der Waals surface area contributed by atoms with Crippen LogP contribution in [0.5, 0.6) is 0 Å². The summed E-state index contributed by atoms with van der Waals surface area (Å²) in [6, 6.07) is 1.32. The molecule has 0 aromatic heterocycles. The standard InChI is InChI=1S/C19H40N2/c1-5-6-7-8-9-10-11-12-19(14-20)21-15-16(2)13-17(3)18(21)4/h16-19H,5-15,20H2,1-4H3. The normalized spacial score (nSPS) is 28.7. The first-order valence-corrected chi connectivity index (χ1v) is 9.55. The molecule has 2 N–H and O–H groups in total. The average Bonchev–Trinajstić information content (AvgIpc) is 2.46. The first-order chi connectivity index (χ1) is 10.1. The average molecular weight is 297 g/mol. The second-order valence-electron chi connectivity index (χ2n) is 7.56. The summed E-state index contributed by atoms with van der Waals surface area (Å²) in [5.74, 6) is 1.65. The third-order valence-electron chi connectivity index (χ3n) is 5.53. The summed E-state index contributed by atoms with van der Waals surface area (Å²) in [4.78, 5) is 2.72. The van der Waals surface area contributed by atoms with Crippen molar-refractivity contribution in [3.05, 3.63) is 0 Å². The van der Waals surface area contributed by atoms with Crippen molar-refractivity contribution >= 4 is 0 Å². The lowest BCUT2D eigenvalue weighted by molar-refractivity contribution is 0.0389. The van der Waals surface area contributed by atoms with Crippen LogP contribution in [0.3, 0.4) is 0 Å². The SMILES string of the molecule is CCCCCCCCCC(CN)N1CC(C)CC(C)C1C. The Hall–Kier alpha value is -0.0800. The van der Waals surface area contributed by atoms with E-state index >= 15 is 0 Å². The van der Waals surface area contributed by atoms with E-state index in [1.165, 1.54) is 64.3 Å². The van der Waals surface area contributed by atoms with E-state index in [9.17, 15) is 0 Å². The van der Waals surface area contributed by atoms with Gasteiger partial charge in [-0.25, -0.2) is 0 Å². The van der Waals surface area contributed by atoms with Crippen LogP contribution in [0.15, 0.2) is 0 Å². The Kier molecular flexibility index (Phi) is 9.59. The van der Waals surface area contributed by atoms with Crippen LogP contribution >= 0.6 is 0 Å². The van der Waals surface area contributed by atoms with Gasteiger partial charge in [-0.15, -0.1) is 0 Å². The van der Waals surface area contributed by atoms with E-state index in [4.69, 9.17) is 5.73 Å². The van der Waals surface area contributed by atoms with Crippen molar-refractivity contribution in [3.63, 3.8) is 0 Å². The van der Waals surface area contributed by atoms with Crippen molar-refractivity contribution in [2.75, 3.05) is 13.1 Å². The molecule has 1 rings (SSSR count). The number of unbranched alkanes of at least 4 members (excludes halogenated alkanes) is 6. The lowest BCUT2D eigenvalue weighted by Crippen LogP contribution is -2.53. The molecule has 0 spiro atoms. The van der Waals surface area contributed by atoms with Gasteiger partial charge < -0.3 is 5.73 Å². The summed E-state index contributed by atoms with van der Waals surface area (Å²) < 4.78 is 0. The predicted octanol–water partition coefficient (Wildman–Crippen LogP) is 4.82. The van der Waals surface area contributed by atoms with E-state index < -0.39 is 0 Å². The molecule has 1 aliphatic heterocycles. The molecule has 0 aliphatic carbocycles. The highest BCUT2D eigenvalue weighted by atomic mass is 15.2. The molecule has 2 nitrogen and oxygen atoms in total. The molecule has 0 bridgehead atoms.